The third-order valence-corrected chi connectivity index (χ3v) is 6.57. The average molecular weight is 468 g/mol. The molecule has 4 aromatic rings. The number of Topliss-reactive ketones (excluding diaryl/α,β-unsaturated/α-hetero) is 1. The Morgan fingerprint density at radius 3 is 2.75 bits per heavy atom. The Balaban J connectivity index is 1.57. The van der Waals surface area contributed by atoms with Gasteiger partial charge in [-0.1, -0.05) is 42.1 Å². The summed E-state index contributed by atoms with van der Waals surface area (Å²) in [6.45, 7) is 1.47. The third-order valence-electron chi connectivity index (χ3n) is 4.70. The number of halogens is 1. The average Bonchev–Trinajstić information content (AvgIpc) is 3.25. The van der Waals surface area contributed by atoms with Crippen LogP contribution in [0.5, 0.6) is 0 Å². The van der Waals surface area contributed by atoms with Crippen LogP contribution >= 0.6 is 23.1 Å². The zero-order valence-corrected chi connectivity index (χ0v) is 18.6. The zero-order valence-electron chi connectivity index (χ0n) is 17.0. The summed E-state index contributed by atoms with van der Waals surface area (Å²) in [4.78, 5) is 41.6. The van der Waals surface area contributed by atoms with E-state index in [9.17, 15) is 18.8 Å². The smallest absolute Gasteiger partial charge is 0.272 e. The van der Waals surface area contributed by atoms with E-state index in [1.807, 2.05) is 0 Å². The summed E-state index contributed by atoms with van der Waals surface area (Å²) in [5.74, 6) is -0.831. The van der Waals surface area contributed by atoms with Crippen LogP contribution in [-0.4, -0.2) is 27.0 Å². The maximum absolute atomic E-state index is 14.2. The van der Waals surface area contributed by atoms with Crippen molar-refractivity contribution in [3.05, 3.63) is 87.3 Å². The van der Waals surface area contributed by atoms with Crippen LogP contribution in [0.1, 0.15) is 22.8 Å². The fourth-order valence-corrected chi connectivity index (χ4v) is 4.69. The lowest BCUT2D eigenvalue weighted by Gasteiger charge is -2.13. The molecule has 2 aromatic heterocycles. The number of amides is 1. The number of benzene rings is 2. The SMILES string of the molecule is CC(=O)c1cccc(NC(=O)CSc2nc3ccsc3c(=O)n2Cc2ccccc2F)c1. The first-order chi connectivity index (χ1) is 15.4. The summed E-state index contributed by atoms with van der Waals surface area (Å²) in [5.41, 5.74) is 1.64. The van der Waals surface area contributed by atoms with E-state index in [2.05, 4.69) is 10.3 Å². The molecule has 0 saturated heterocycles. The number of rotatable bonds is 7. The summed E-state index contributed by atoms with van der Waals surface area (Å²) in [5, 5.41) is 4.85. The van der Waals surface area contributed by atoms with Crippen molar-refractivity contribution < 1.29 is 14.0 Å². The molecule has 32 heavy (non-hydrogen) atoms. The van der Waals surface area contributed by atoms with Gasteiger partial charge in [-0.15, -0.1) is 11.3 Å². The minimum Gasteiger partial charge on any atom is -0.325 e. The van der Waals surface area contributed by atoms with Gasteiger partial charge in [0.1, 0.15) is 10.5 Å². The number of aromatic nitrogens is 2. The number of fused-ring (bicyclic) bond motifs is 1. The fourth-order valence-electron chi connectivity index (χ4n) is 3.11. The lowest BCUT2D eigenvalue weighted by Crippen LogP contribution is -2.24. The van der Waals surface area contributed by atoms with Gasteiger partial charge in [-0.2, -0.15) is 0 Å². The summed E-state index contributed by atoms with van der Waals surface area (Å²) in [6.07, 6.45) is 0. The highest BCUT2D eigenvalue weighted by atomic mass is 32.2. The Morgan fingerprint density at radius 2 is 1.97 bits per heavy atom. The standard InChI is InChI=1S/C23H18FN3O3S2/c1-14(28)15-6-4-7-17(11-15)25-20(29)13-32-23-26-19-9-10-31-21(19)22(30)27(23)12-16-5-2-3-8-18(16)24/h2-11H,12-13H2,1H3,(H,25,29). The van der Waals surface area contributed by atoms with E-state index in [-0.39, 0.29) is 29.5 Å². The number of ketones is 1. The highest BCUT2D eigenvalue weighted by Gasteiger charge is 2.16. The predicted octanol–water partition coefficient (Wildman–Crippen LogP) is 4.58. The molecule has 1 N–H and O–H groups in total. The van der Waals surface area contributed by atoms with Gasteiger partial charge in [0.2, 0.25) is 5.91 Å². The van der Waals surface area contributed by atoms with Gasteiger partial charge in [-0.3, -0.25) is 19.0 Å². The number of carbonyl (C=O) groups is 2. The van der Waals surface area contributed by atoms with Crippen LogP contribution in [-0.2, 0) is 11.3 Å². The normalized spacial score (nSPS) is 10.9. The number of thioether (sulfide) groups is 1. The van der Waals surface area contributed by atoms with Gasteiger partial charge in [0.15, 0.2) is 10.9 Å². The summed E-state index contributed by atoms with van der Waals surface area (Å²) in [7, 11) is 0. The molecule has 0 atom stereocenters. The monoisotopic (exact) mass is 467 g/mol. The molecule has 6 nitrogen and oxygen atoms in total. The van der Waals surface area contributed by atoms with Gasteiger partial charge in [0, 0.05) is 16.8 Å². The minimum absolute atomic E-state index is 0.0103. The highest BCUT2D eigenvalue weighted by molar-refractivity contribution is 7.99. The molecule has 0 aliphatic rings. The molecule has 9 heteroatoms. The van der Waals surface area contributed by atoms with E-state index in [4.69, 9.17) is 0 Å². The van der Waals surface area contributed by atoms with E-state index in [0.29, 0.717) is 32.2 Å². The van der Waals surface area contributed by atoms with Gasteiger partial charge in [0.05, 0.1) is 17.8 Å². The van der Waals surface area contributed by atoms with Gasteiger partial charge < -0.3 is 5.32 Å². The molecular formula is C23H18FN3O3S2. The van der Waals surface area contributed by atoms with Crippen LogP contribution in [0.3, 0.4) is 0 Å². The van der Waals surface area contributed by atoms with Crippen molar-refractivity contribution in [2.24, 2.45) is 0 Å². The molecule has 0 unspecified atom stereocenters. The molecule has 2 aromatic carbocycles. The molecule has 2 heterocycles. The van der Waals surface area contributed by atoms with Crippen LogP contribution < -0.4 is 10.9 Å². The van der Waals surface area contributed by atoms with Crippen LogP contribution in [0.15, 0.2) is 69.9 Å². The summed E-state index contributed by atoms with van der Waals surface area (Å²) >= 11 is 2.37. The first-order valence-electron chi connectivity index (χ1n) is 9.67. The molecule has 0 spiro atoms. The molecule has 0 fully saturated rings. The Hall–Kier alpha value is -3.30. The van der Waals surface area contributed by atoms with Gasteiger partial charge in [0.25, 0.3) is 5.56 Å². The number of hydrogen-bond donors (Lipinski definition) is 1. The van der Waals surface area contributed by atoms with Gasteiger partial charge >= 0.3 is 0 Å². The molecular weight excluding hydrogens is 449 g/mol. The quantitative estimate of drug-likeness (QED) is 0.244. The second-order valence-corrected chi connectivity index (χ2v) is 8.84. The lowest BCUT2D eigenvalue weighted by molar-refractivity contribution is -0.113. The minimum atomic E-state index is -0.412. The van der Waals surface area contributed by atoms with Crippen molar-refractivity contribution in [1.29, 1.82) is 0 Å². The van der Waals surface area contributed by atoms with Crippen molar-refractivity contribution >= 4 is 50.7 Å². The predicted molar refractivity (Wildman–Crippen MR) is 125 cm³/mol. The lowest BCUT2D eigenvalue weighted by atomic mass is 10.1. The molecule has 1 amide bonds. The Labute approximate surface area is 191 Å². The largest absolute Gasteiger partial charge is 0.325 e. The topological polar surface area (TPSA) is 81.1 Å². The van der Waals surface area contributed by atoms with Crippen LogP contribution in [0.25, 0.3) is 10.2 Å². The fraction of sp³-hybridized carbons (Fsp3) is 0.130. The van der Waals surface area contributed by atoms with E-state index in [0.717, 1.165) is 11.8 Å². The third kappa shape index (κ3) is 4.79. The summed E-state index contributed by atoms with van der Waals surface area (Å²) in [6, 6.07) is 14.7. The maximum Gasteiger partial charge on any atom is 0.272 e. The number of nitrogens with zero attached hydrogens (tertiary/aromatic N) is 2. The Morgan fingerprint density at radius 1 is 1.16 bits per heavy atom. The van der Waals surface area contributed by atoms with Crippen molar-refractivity contribution in [1.82, 2.24) is 9.55 Å². The van der Waals surface area contributed by atoms with E-state index in [1.165, 1.54) is 28.9 Å². The number of carbonyl (C=O) groups excluding carboxylic acids is 2. The molecule has 0 aliphatic heterocycles. The van der Waals surface area contributed by atoms with Crippen LogP contribution in [0.2, 0.25) is 0 Å². The van der Waals surface area contributed by atoms with E-state index < -0.39 is 5.82 Å². The van der Waals surface area contributed by atoms with Gasteiger partial charge in [-0.05, 0) is 36.6 Å². The summed E-state index contributed by atoms with van der Waals surface area (Å²) < 4.78 is 16.1. The van der Waals surface area contributed by atoms with Crippen molar-refractivity contribution in [2.75, 3.05) is 11.1 Å². The van der Waals surface area contributed by atoms with Gasteiger partial charge in [-0.25, -0.2) is 9.37 Å². The molecule has 0 bridgehead atoms. The molecule has 0 saturated carbocycles. The first kappa shape index (κ1) is 21.9. The number of thiophene rings is 1. The number of hydrogen-bond acceptors (Lipinski definition) is 6. The Kier molecular flexibility index (Phi) is 6.48. The van der Waals surface area contributed by atoms with E-state index >= 15 is 0 Å². The van der Waals surface area contributed by atoms with Crippen molar-refractivity contribution in [2.45, 2.75) is 18.6 Å². The maximum atomic E-state index is 14.2. The number of anilines is 1. The van der Waals surface area contributed by atoms with Crippen molar-refractivity contribution in [3.63, 3.8) is 0 Å². The second-order valence-electron chi connectivity index (χ2n) is 6.99. The molecule has 0 aliphatic carbocycles. The van der Waals surface area contributed by atoms with E-state index in [1.54, 1.807) is 53.9 Å². The van der Waals surface area contributed by atoms with Crippen molar-refractivity contribution in [3.8, 4) is 0 Å². The molecule has 162 valence electrons. The Bertz CT molecular complexity index is 1380. The molecule has 4 rings (SSSR count). The number of nitrogens with one attached hydrogen (secondary N) is 1. The highest BCUT2D eigenvalue weighted by Crippen LogP contribution is 2.23. The first-order valence-corrected chi connectivity index (χ1v) is 11.5. The van der Waals surface area contributed by atoms with Crippen LogP contribution in [0.4, 0.5) is 10.1 Å². The second kappa shape index (κ2) is 9.46. The zero-order chi connectivity index (χ0) is 22.7. The van der Waals surface area contributed by atoms with Crippen LogP contribution in [0, 0.1) is 5.82 Å². The molecule has 0 radical (unpaired) electrons.